The molecule has 0 atom stereocenters. The number of hydrogen-bond acceptors (Lipinski definition) is 2. The number of halogens is 2. The molecule has 76 valence electrons. The van der Waals surface area contributed by atoms with Gasteiger partial charge in [0.25, 0.3) is 0 Å². The van der Waals surface area contributed by atoms with Crippen molar-refractivity contribution in [2.24, 2.45) is 0 Å². The smallest absolute Gasteiger partial charge is 0.105 e. The number of hydrazine groups is 1. The van der Waals surface area contributed by atoms with E-state index in [0.717, 1.165) is 10.2 Å². The molecule has 2 rings (SSSR count). The summed E-state index contributed by atoms with van der Waals surface area (Å²) in [6.07, 6.45) is 4.83. The molecule has 0 saturated carbocycles. The predicted molar refractivity (Wildman–Crippen MR) is 64.1 cm³/mol. The van der Waals surface area contributed by atoms with Crippen LogP contribution in [0.4, 0.5) is 5.69 Å². The van der Waals surface area contributed by atoms with E-state index in [1.165, 1.54) is 6.20 Å². The van der Waals surface area contributed by atoms with Crippen molar-refractivity contribution in [2.45, 2.75) is 0 Å². The van der Waals surface area contributed by atoms with Gasteiger partial charge in [-0.2, -0.15) is 0 Å². The van der Waals surface area contributed by atoms with Crippen LogP contribution in [0, 0.1) is 0 Å². The third-order valence-electron chi connectivity index (χ3n) is 1.93. The largest absolute Gasteiger partial charge is 0.299 e. The average molecular weight is 285 g/mol. The van der Waals surface area contributed by atoms with E-state index < -0.39 is 0 Å². The molecular weight excluding hydrogens is 277 g/mol. The zero-order valence-corrected chi connectivity index (χ0v) is 9.96. The van der Waals surface area contributed by atoms with Gasteiger partial charge in [0, 0.05) is 16.9 Å². The highest BCUT2D eigenvalue weighted by Crippen LogP contribution is 2.27. The first-order valence-electron chi connectivity index (χ1n) is 4.24. The molecule has 0 saturated heterocycles. The van der Waals surface area contributed by atoms with Crippen LogP contribution in [0.15, 0.2) is 46.8 Å². The maximum Gasteiger partial charge on any atom is 0.105 e. The van der Waals surface area contributed by atoms with Crippen molar-refractivity contribution in [1.82, 2.24) is 11.2 Å². The van der Waals surface area contributed by atoms with Gasteiger partial charge in [-0.15, -0.1) is 5.73 Å². The first kappa shape index (κ1) is 10.4. The van der Waals surface area contributed by atoms with Gasteiger partial charge in [-0.3, -0.25) is 10.4 Å². The van der Waals surface area contributed by atoms with Gasteiger partial charge in [-0.25, -0.2) is 0 Å². The second-order valence-electron chi connectivity index (χ2n) is 2.98. The highest BCUT2D eigenvalue weighted by atomic mass is 79.9. The maximum atomic E-state index is 9.13. The van der Waals surface area contributed by atoms with E-state index in [4.69, 9.17) is 17.3 Å². The minimum Gasteiger partial charge on any atom is -0.299 e. The van der Waals surface area contributed by atoms with Crippen LogP contribution in [0.1, 0.15) is 0 Å². The van der Waals surface area contributed by atoms with Crippen LogP contribution in [-0.4, -0.2) is 0 Å². The Kier molecular flexibility index (Phi) is 2.88. The average Bonchev–Trinajstić information content (AvgIpc) is 2.23. The SMILES string of the molecule is [N]C1=CNN(c2ccc(Cl)c(Br)c2)C=C1. The summed E-state index contributed by atoms with van der Waals surface area (Å²) in [6.45, 7) is 0. The second-order valence-corrected chi connectivity index (χ2v) is 4.24. The molecule has 0 unspecified atom stereocenters. The molecule has 0 bridgehead atoms. The van der Waals surface area contributed by atoms with E-state index in [1.807, 2.05) is 12.1 Å². The number of benzene rings is 1. The Bertz CT molecular complexity index is 442. The summed E-state index contributed by atoms with van der Waals surface area (Å²) in [5.41, 5.74) is 13.1. The van der Waals surface area contributed by atoms with Crippen molar-refractivity contribution in [3.63, 3.8) is 0 Å². The van der Waals surface area contributed by atoms with Crippen LogP contribution < -0.4 is 16.2 Å². The van der Waals surface area contributed by atoms with Crippen molar-refractivity contribution in [1.29, 1.82) is 0 Å². The molecule has 0 aromatic heterocycles. The van der Waals surface area contributed by atoms with Crippen molar-refractivity contribution in [2.75, 3.05) is 5.01 Å². The first-order chi connectivity index (χ1) is 7.16. The molecule has 0 spiro atoms. The Balaban J connectivity index is 2.25. The molecule has 1 aromatic carbocycles. The summed E-state index contributed by atoms with van der Waals surface area (Å²) in [4.78, 5) is 0. The summed E-state index contributed by atoms with van der Waals surface area (Å²) >= 11 is 9.24. The summed E-state index contributed by atoms with van der Waals surface area (Å²) < 4.78 is 0.829. The number of anilines is 1. The fourth-order valence-electron chi connectivity index (χ4n) is 1.17. The molecular formula is C10H7BrClN3. The van der Waals surface area contributed by atoms with Crippen LogP contribution in [0.2, 0.25) is 5.02 Å². The minimum absolute atomic E-state index is 0.194. The third kappa shape index (κ3) is 2.27. The molecule has 2 radical (unpaired) electrons. The summed E-state index contributed by atoms with van der Waals surface area (Å²) in [5.74, 6) is 0. The van der Waals surface area contributed by atoms with Crippen molar-refractivity contribution in [3.05, 3.63) is 51.9 Å². The Hall–Kier alpha value is -1.13. The van der Waals surface area contributed by atoms with Crippen molar-refractivity contribution >= 4 is 33.2 Å². The van der Waals surface area contributed by atoms with E-state index in [-0.39, 0.29) is 5.70 Å². The van der Waals surface area contributed by atoms with Crippen LogP contribution in [0.5, 0.6) is 0 Å². The van der Waals surface area contributed by atoms with Gasteiger partial charge in [-0.1, -0.05) is 11.6 Å². The van der Waals surface area contributed by atoms with E-state index in [1.54, 1.807) is 23.4 Å². The number of rotatable bonds is 1. The third-order valence-corrected chi connectivity index (χ3v) is 3.14. The minimum atomic E-state index is 0.194. The number of hydrogen-bond donors (Lipinski definition) is 1. The standard InChI is InChI=1S/C10H7BrClN3/c11-9-5-8(1-2-10(9)12)15-4-3-7(13)6-14-15/h1-6,14H. The van der Waals surface area contributed by atoms with Gasteiger partial charge < -0.3 is 0 Å². The molecule has 1 N–H and O–H groups in total. The van der Waals surface area contributed by atoms with Crippen LogP contribution in [0.3, 0.4) is 0 Å². The summed E-state index contributed by atoms with van der Waals surface area (Å²) in [5, 5.41) is 2.43. The molecule has 3 nitrogen and oxygen atoms in total. The highest BCUT2D eigenvalue weighted by molar-refractivity contribution is 9.10. The van der Waals surface area contributed by atoms with E-state index >= 15 is 0 Å². The van der Waals surface area contributed by atoms with Gasteiger partial charge in [0.05, 0.1) is 10.7 Å². The molecule has 0 amide bonds. The lowest BCUT2D eigenvalue weighted by molar-refractivity contribution is 0.851. The Morgan fingerprint density at radius 3 is 2.80 bits per heavy atom. The molecule has 5 heteroatoms. The van der Waals surface area contributed by atoms with Crippen LogP contribution in [0.25, 0.3) is 0 Å². The molecule has 1 aromatic rings. The van der Waals surface area contributed by atoms with Crippen LogP contribution in [-0.2, 0) is 0 Å². The Morgan fingerprint density at radius 1 is 1.40 bits per heavy atom. The first-order valence-corrected chi connectivity index (χ1v) is 5.42. The van der Waals surface area contributed by atoms with Crippen LogP contribution >= 0.6 is 27.5 Å². The molecule has 1 heterocycles. The van der Waals surface area contributed by atoms with E-state index in [2.05, 4.69) is 21.4 Å². The zero-order valence-electron chi connectivity index (χ0n) is 7.61. The Morgan fingerprint density at radius 2 is 2.20 bits per heavy atom. The summed E-state index contributed by atoms with van der Waals surface area (Å²) in [6, 6.07) is 5.56. The van der Waals surface area contributed by atoms with Crippen molar-refractivity contribution in [3.8, 4) is 0 Å². The topological polar surface area (TPSA) is 37.6 Å². The number of nitrogens with zero attached hydrogens (tertiary/aromatic N) is 2. The molecule has 15 heavy (non-hydrogen) atoms. The van der Waals surface area contributed by atoms with Gasteiger partial charge >= 0.3 is 0 Å². The number of nitrogens with one attached hydrogen (secondary N) is 1. The lowest BCUT2D eigenvalue weighted by atomic mass is 10.3. The monoisotopic (exact) mass is 283 g/mol. The number of allylic oxidation sites excluding steroid dienone is 1. The maximum absolute atomic E-state index is 9.13. The zero-order chi connectivity index (χ0) is 10.8. The van der Waals surface area contributed by atoms with E-state index in [9.17, 15) is 0 Å². The van der Waals surface area contributed by atoms with Gasteiger partial charge in [0.15, 0.2) is 0 Å². The van der Waals surface area contributed by atoms with Gasteiger partial charge in [0.2, 0.25) is 0 Å². The van der Waals surface area contributed by atoms with Gasteiger partial charge in [0.1, 0.15) is 5.70 Å². The molecule has 0 fully saturated rings. The Labute approximate surface area is 101 Å². The lowest BCUT2D eigenvalue weighted by Crippen LogP contribution is -2.31. The van der Waals surface area contributed by atoms with E-state index in [0.29, 0.717) is 5.02 Å². The summed E-state index contributed by atoms with van der Waals surface area (Å²) in [7, 11) is 0. The fraction of sp³-hybridized carbons (Fsp3) is 0. The molecule has 0 aliphatic carbocycles. The predicted octanol–water partition coefficient (Wildman–Crippen LogP) is 2.85. The highest BCUT2D eigenvalue weighted by Gasteiger charge is 2.07. The van der Waals surface area contributed by atoms with Crippen molar-refractivity contribution < 1.29 is 0 Å². The second kappa shape index (κ2) is 4.16. The fourth-order valence-corrected chi connectivity index (χ4v) is 1.66. The molecule has 1 aliphatic heterocycles. The van der Waals surface area contributed by atoms with Gasteiger partial charge in [-0.05, 0) is 40.2 Å². The quantitative estimate of drug-likeness (QED) is 0.861. The lowest BCUT2D eigenvalue weighted by Gasteiger charge is -2.23. The normalized spacial score (nSPS) is 14.8. The molecule has 1 aliphatic rings.